The molecule has 0 aromatic carbocycles. The van der Waals surface area contributed by atoms with Gasteiger partial charge in [0.05, 0.1) is 0 Å². The highest BCUT2D eigenvalue weighted by Gasteiger charge is 1.28. The Morgan fingerprint density at radius 1 is 1.40 bits per heavy atom. The highest BCUT2D eigenvalue weighted by Crippen LogP contribution is 1.08. The second-order valence-electron chi connectivity index (χ2n) is 0.304. The van der Waals surface area contributed by atoms with Gasteiger partial charge in [0.25, 0.3) is 0 Å². The molecule has 29 valence electrons. The summed E-state index contributed by atoms with van der Waals surface area (Å²) in [5, 5.41) is 0. The molecule has 0 aliphatic heterocycles. The summed E-state index contributed by atoms with van der Waals surface area (Å²) >= 11 is 0. The molecule has 3 heteroatoms. The molecule has 0 saturated heterocycles. The summed E-state index contributed by atoms with van der Waals surface area (Å²) in [7, 11) is -2.11. The average Bonchev–Trinajstić information content (AvgIpc) is 0.811. The molecule has 0 bridgehead atoms. The van der Waals surface area contributed by atoms with E-state index in [0.29, 0.717) is 0 Å². The summed E-state index contributed by atoms with van der Waals surface area (Å²) in [5.41, 5.74) is 0. The summed E-state index contributed by atoms with van der Waals surface area (Å²) in [6.07, 6.45) is 0. The standard InChI is InChI=1S/CH2O2S.CH/c1-4(2)3;/h1H2;1H. The van der Waals surface area contributed by atoms with Crippen molar-refractivity contribution >= 4 is 16.2 Å². The lowest BCUT2D eigenvalue weighted by molar-refractivity contribution is 0.627. The molecule has 0 atom stereocenters. The SMILES string of the molecule is C=S(=O)=O.[CH]. The van der Waals surface area contributed by atoms with Crippen molar-refractivity contribution in [3.63, 3.8) is 0 Å². The van der Waals surface area contributed by atoms with Crippen molar-refractivity contribution in [3.8, 4) is 0 Å². The molecule has 0 saturated carbocycles. The number of hydrogen-bond acceptors (Lipinski definition) is 2. The second-order valence-corrected chi connectivity index (χ2v) is 0.911. The highest BCUT2D eigenvalue weighted by molar-refractivity contribution is 7.70. The van der Waals surface area contributed by atoms with E-state index in [0.717, 1.165) is 0 Å². The molecule has 0 aliphatic rings. The largest absolute Gasteiger partial charge is 0.206 e. The molecule has 5 heavy (non-hydrogen) atoms. The lowest BCUT2D eigenvalue weighted by Crippen LogP contribution is -1.39. The van der Waals surface area contributed by atoms with Crippen molar-refractivity contribution < 1.29 is 8.42 Å². The van der Waals surface area contributed by atoms with Crippen molar-refractivity contribution in [2.24, 2.45) is 0 Å². The molecular weight excluding hydrogens is 88.1 g/mol. The van der Waals surface area contributed by atoms with Crippen LogP contribution in [-0.2, 0) is 10.3 Å². The van der Waals surface area contributed by atoms with Gasteiger partial charge in [-0.25, -0.2) is 0 Å². The maximum atomic E-state index is 8.89. The van der Waals surface area contributed by atoms with E-state index in [1.807, 2.05) is 0 Å². The Bertz CT molecular complexity index is 77.0. The molecule has 0 unspecified atom stereocenters. The van der Waals surface area contributed by atoms with Crippen LogP contribution in [0.3, 0.4) is 0 Å². The average molecular weight is 91.1 g/mol. The molecular formula is C2H3O2S. The van der Waals surface area contributed by atoms with Crippen LogP contribution in [0.2, 0.25) is 0 Å². The van der Waals surface area contributed by atoms with Crippen molar-refractivity contribution in [1.29, 1.82) is 0 Å². The van der Waals surface area contributed by atoms with Crippen molar-refractivity contribution in [2.45, 2.75) is 0 Å². The normalized spacial score (nSPS) is 4.80. The first kappa shape index (κ1) is 8.83. The lowest BCUT2D eigenvalue weighted by atomic mass is 12.0. The summed E-state index contributed by atoms with van der Waals surface area (Å²) in [5.74, 6) is 2.56. The Kier molecular flexibility index (Phi) is 6.51. The minimum Gasteiger partial charge on any atom is -0.185 e. The molecule has 0 amide bonds. The molecule has 3 radical (unpaired) electrons. The van der Waals surface area contributed by atoms with E-state index in [-0.39, 0.29) is 7.43 Å². The molecule has 2 nitrogen and oxygen atoms in total. The van der Waals surface area contributed by atoms with Crippen LogP contribution in [-0.4, -0.2) is 14.3 Å². The first-order valence-electron chi connectivity index (χ1n) is 0.622. The molecule has 0 N–H and O–H groups in total. The zero-order valence-electron chi connectivity index (χ0n) is 2.51. The third-order valence-corrected chi connectivity index (χ3v) is 0. The Morgan fingerprint density at radius 3 is 1.40 bits per heavy atom. The molecule has 0 aliphatic carbocycles. The van der Waals surface area contributed by atoms with Crippen LogP contribution < -0.4 is 0 Å². The molecule has 0 fully saturated rings. The van der Waals surface area contributed by atoms with E-state index < -0.39 is 10.3 Å². The maximum Gasteiger partial charge on any atom is 0.206 e. The zero-order valence-corrected chi connectivity index (χ0v) is 3.33. The Hall–Kier alpha value is -0.310. The van der Waals surface area contributed by atoms with Gasteiger partial charge in [-0.1, -0.05) is 0 Å². The zero-order chi connectivity index (χ0) is 3.58. The molecule has 0 spiro atoms. The van der Waals surface area contributed by atoms with Gasteiger partial charge in [0.15, 0.2) is 0 Å². The molecule has 0 aromatic rings. The van der Waals surface area contributed by atoms with Gasteiger partial charge in [0.2, 0.25) is 10.3 Å². The van der Waals surface area contributed by atoms with Gasteiger partial charge >= 0.3 is 0 Å². The quantitative estimate of drug-likeness (QED) is 0.377. The first-order chi connectivity index (χ1) is 1.73. The fourth-order valence-corrected chi connectivity index (χ4v) is 0. The summed E-state index contributed by atoms with van der Waals surface area (Å²) in [4.78, 5) is 0. The van der Waals surface area contributed by atoms with Gasteiger partial charge < -0.3 is 0 Å². The van der Waals surface area contributed by atoms with Crippen molar-refractivity contribution in [3.05, 3.63) is 7.43 Å². The first-order valence-corrected chi connectivity index (χ1v) is 1.87. The smallest absolute Gasteiger partial charge is 0.185 e. The topological polar surface area (TPSA) is 34.1 Å². The van der Waals surface area contributed by atoms with Crippen LogP contribution in [0.4, 0.5) is 0 Å². The Morgan fingerprint density at radius 2 is 1.40 bits per heavy atom. The monoisotopic (exact) mass is 91.0 g/mol. The van der Waals surface area contributed by atoms with Crippen LogP contribution in [0.25, 0.3) is 0 Å². The minimum absolute atomic E-state index is 0. The Labute approximate surface area is 33.0 Å². The fourth-order valence-electron chi connectivity index (χ4n) is 0. The second kappa shape index (κ2) is 3.69. The summed E-state index contributed by atoms with van der Waals surface area (Å²) in [6.45, 7) is 0. The van der Waals surface area contributed by atoms with Crippen LogP contribution in [0.1, 0.15) is 0 Å². The van der Waals surface area contributed by atoms with Crippen LogP contribution in [0.15, 0.2) is 0 Å². The molecule has 0 rings (SSSR count). The van der Waals surface area contributed by atoms with E-state index in [1.165, 1.54) is 0 Å². The van der Waals surface area contributed by atoms with Gasteiger partial charge in [-0.2, -0.15) is 8.42 Å². The van der Waals surface area contributed by atoms with Gasteiger partial charge in [-0.05, 0) is 7.43 Å². The maximum absolute atomic E-state index is 8.89. The third kappa shape index (κ3) is 110. The van der Waals surface area contributed by atoms with E-state index in [4.69, 9.17) is 8.42 Å². The number of hydrogen-bond donors (Lipinski definition) is 0. The van der Waals surface area contributed by atoms with Gasteiger partial charge in [-0.3, -0.25) is 0 Å². The van der Waals surface area contributed by atoms with Gasteiger partial charge in [0, 0.05) is 5.87 Å². The molecule has 0 heterocycles. The van der Waals surface area contributed by atoms with Gasteiger partial charge in [-0.15, -0.1) is 0 Å². The van der Waals surface area contributed by atoms with E-state index >= 15 is 0 Å². The number of rotatable bonds is 0. The minimum atomic E-state index is -2.11. The predicted octanol–water partition coefficient (Wildman–Crippen LogP) is -0.498. The van der Waals surface area contributed by atoms with Crippen LogP contribution in [0, 0.1) is 7.43 Å². The van der Waals surface area contributed by atoms with Crippen LogP contribution >= 0.6 is 0 Å². The third-order valence-electron chi connectivity index (χ3n) is 0. The van der Waals surface area contributed by atoms with Crippen molar-refractivity contribution in [1.82, 2.24) is 0 Å². The van der Waals surface area contributed by atoms with Gasteiger partial charge in [0.1, 0.15) is 0 Å². The molecule has 0 aromatic heterocycles. The fraction of sp³-hybridized carbons (Fsp3) is 0. The highest BCUT2D eigenvalue weighted by atomic mass is 32.2. The lowest BCUT2D eigenvalue weighted by Gasteiger charge is -1.19. The van der Waals surface area contributed by atoms with Crippen molar-refractivity contribution in [2.75, 3.05) is 0 Å². The predicted molar refractivity (Wildman–Crippen MR) is 20.3 cm³/mol. The Balaban J connectivity index is 0. The van der Waals surface area contributed by atoms with Crippen LogP contribution in [0.5, 0.6) is 0 Å². The summed E-state index contributed by atoms with van der Waals surface area (Å²) < 4.78 is 17.8. The van der Waals surface area contributed by atoms with E-state index in [9.17, 15) is 0 Å². The summed E-state index contributed by atoms with van der Waals surface area (Å²) in [6, 6.07) is 0. The van der Waals surface area contributed by atoms with E-state index in [1.54, 1.807) is 0 Å². The van der Waals surface area contributed by atoms with E-state index in [2.05, 4.69) is 5.87 Å².